The van der Waals surface area contributed by atoms with E-state index in [-0.39, 0.29) is 12.3 Å². The first-order chi connectivity index (χ1) is 10.6. The highest BCUT2D eigenvalue weighted by Crippen LogP contribution is 2.24. The van der Waals surface area contributed by atoms with Gasteiger partial charge in [-0.25, -0.2) is 0 Å². The van der Waals surface area contributed by atoms with Crippen LogP contribution in [0.2, 0.25) is 0 Å². The maximum absolute atomic E-state index is 12.0. The number of carbonyl (C=O) groups excluding carboxylic acids is 1. The third-order valence-corrected chi connectivity index (χ3v) is 3.08. The lowest BCUT2D eigenvalue weighted by Gasteiger charge is -2.11. The molecule has 124 valence electrons. The molecule has 0 aliphatic carbocycles. The van der Waals surface area contributed by atoms with E-state index in [4.69, 9.17) is 14.2 Å². The number of ether oxygens (including phenoxy) is 3. The normalized spacial score (nSPS) is 10.6. The molecule has 0 saturated heterocycles. The number of benzene rings is 1. The Bertz CT molecular complexity index is 460. The van der Waals surface area contributed by atoms with Crippen molar-refractivity contribution in [1.82, 2.24) is 5.32 Å². The van der Waals surface area contributed by atoms with Crippen molar-refractivity contribution in [2.45, 2.75) is 26.7 Å². The van der Waals surface area contributed by atoms with Crippen LogP contribution in [0.1, 0.15) is 25.8 Å². The van der Waals surface area contributed by atoms with Gasteiger partial charge in [-0.2, -0.15) is 0 Å². The van der Waals surface area contributed by atoms with Gasteiger partial charge in [-0.05, 0) is 30.5 Å². The summed E-state index contributed by atoms with van der Waals surface area (Å²) in [6, 6.07) is 5.44. The van der Waals surface area contributed by atoms with Gasteiger partial charge in [0.1, 0.15) is 11.5 Å². The van der Waals surface area contributed by atoms with E-state index in [0.29, 0.717) is 30.6 Å². The molecule has 0 atom stereocenters. The SMILES string of the molecule is COc1ccc(OC)c(CC(=O)NCCCOCC(C)C)c1. The molecule has 0 aromatic heterocycles. The van der Waals surface area contributed by atoms with Crippen LogP contribution in [0.5, 0.6) is 11.5 Å². The summed E-state index contributed by atoms with van der Waals surface area (Å²) in [5.74, 6) is 1.91. The maximum Gasteiger partial charge on any atom is 0.224 e. The van der Waals surface area contributed by atoms with Crippen molar-refractivity contribution in [1.29, 1.82) is 0 Å². The molecule has 0 aliphatic rings. The van der Waals surface area contributed by atoms with Crippen molar-refractivity contribution in [3.05, 3.63) is 23.8 Å². The summed E-state index contributed by atoms with van der Waals surface area (Å²) in [6.07, 6.45) is 1.08. The molecular formula is C17H27NO4. The minimum atomic E-state index is -0.0320. The zero-order chi connectivity index (χ0) is 16.4. The molecule has 1 aromatic carbocycles. The van der Waals surface area contributed by atoms with Crippen molar-refractivity contribution in [3.8, 4) is 11.5 Å². The minimum Gasteiger partial charge on any atom is -0.497 e. The van der Waals surface area contributed by atoms with E-state index in [1.807, 2.05) is 12.1 Å². The Kier molecular flexibility index (Phi) is 8.36. The molecule has 5 nitrogen and oxygen atoms in total. The molecule has 0 unspecified atom stereocenters. The van der Waals surface area contributed by atoms with Crippen LogP contribution in [0.25, 0.3) is 0 Å². The zero-order valence-electron chi connectivity index (χ0n) is 14.0. The highest BCUT2D eigenvalue weighted by Gasteiger charge is 2.10. The summed E-state index contributed by atoms with van der Waals surface area (Å²) in [5.41, 5.74) is 0.815. The highest BCUT2D eigenvalue weighted by atomic mass is 16.5. The molecule has 22 heavy (non-hydrogen) atoms. The standard InChI is InChI=1S/C17H27NO4/c1-13(2)12-22-9-5-8-18-17(19)11-14-10-15(20-3)6-7-16(14)21-4/h6-7,10,13H,5,8-9,11-12H2,1-4H3,(H,18,19). The molecule has 0 aliphatic heterocycles. The molecule has 5 heteroatoms. The van der Waals surface area contributed by atoms with Crippen LogP contribution < -0.4 is 14.8 Å². The van der Waals surface area contributed by atoms with Crippen LogP contribution in [-0.2, 0) is 16.0 Å². The Hall–Kier alpha value is -1.75. The fourth-order valence-corrected chi connectivity index (χ4v) is 1.98. The fourth-order valence-electron chi connectivity index (χ4n) is 1.98. The van der Waals surface area contributed by atoms with Crippen LogP contribution in [0.4, 0.5) is 0 Å². The van der Waals surface area contributed by atoms with Crippen LogP contribution in [-0.4, -0.2) is 39.9 Å². The number of hydrogen-bond acceptors (Lipinski definition) is 4. The third-order valence-electron chi connectivity index (χ3n) is 3.08. The summed E-state index contributed by atoms with van der Waals surface area (Å²) < 4.78 is 15.9. The average Bonchev–Trinajstić information content (AvgIpc) is 2.50. The number of methoxy groups -OCH3 is 2. The van der Waals surface area contributed by atoms with E-state index in [9.17, 15) is 4.79 Å². The van der Waals surface area contributed by atoms with Gasteiger partial charge >= 0.3 is 0 Å². The van der Waals surface area contributed by atoms with Crippen molar-refractivity contribution in [3.63, 3.8) is 0 Å². The number of carbonyl (C=O) groups is 1. The number of hydrogen-bond donors (Lipinski definition) is 1. The molecule has 1 aromatic rings. The second-order valence-electron chi connectivity index (χ2n) is 5.53. The first-order valence-electron chi connectivity index (χ1n) is 7.62. The van der Waals surface area contributed by atoms with Crippen molar-refractivity contribution >= 4 is 5.91 Å². The smallest absolute Gasteiger partial charge is 0.224 e. The van der Waals surface area contributed by atoms with Crippen molar-refractivity contribution in [2.75, 3.05) is 34.0 Å². The van der Waals surface area contributed by atoms with Crippen LogP contribution in [0.15, 0.2) is 18.2 Å². The molecule has 0 bridgehead atoms. The van der Waals surface area contributed by atoms with Gasteiger partial charge in [0.2, 0.25) is 5.91 Å². The van der Waals surface area contributed by atoms with Gasteiger partial charge in [0.05, 0.1) is 20.6 Å². The lowest BCUT2D eigenvalue weighted by molar-refractivity contribution is -0.120. The predicted octanol–water partition coefficient (Wildman–Crippen LogP) is 2.43. The average molecular weight is 309 g/mol. The Morgan fingerprint density at radius 1 is 1.23 bits per heavy atom. The molecule has 1 N–H and O–H groups in total. The van der Waals surface area contributed by atoms with Gasteiger partial charge < -0.3 is 19.5 Å². The largest absolute Gasteiger partial charge is 0.497 e. The topological polar surface area (TPSA) is 56.8 Å². The zero-order valence-corrected chi connectivity index (χ0v) is 14.0. The lowest BCUT2D eigenvalue weighted by Crippen LogP contribution is -2.27. The second-order valence-corrected chi connectivity index (χ2v) is 5.53. The highest BCUT2D eigenvalue weighted by molar-refractivity contribution is 5.79. The van der Waals surface area contributed by atoms with E-state index in [2.05, 4.69) is 19.2 Å². The van der Waals surface area contributed by atoms with Crippen LogP contribution in [0, 0.1) is 5.92 Å². The molecule has 0 spiro atoms. The summed E-state index contributed by atoms with van der Waals surface area (Å²) in [5, 5.41) is 2.89. The molecule has 0 heterocycles. The van der Waals surface area contributed by atoms with E-state index in [1.54, 1.807) is 20.3 Å². The second kappa shape index (κ2) is 10.1. The van der Waals surface area contributed by atoms with Crippen molar-refractivity contribution in [2.24, 2.45) is 5.92 Å². The number of rotatable bonds is 10. The third kappa shape index (κ3) is 6.80. The van der Waals surface area contributed by atoms with Gasteiger partial charge in [-0.1, -0.05) is 13.8 Å². The van der Waals surface area contributed by atoms with Crippen molar-refractivity contribution < 1.29 is 19.0 Å². The molecule has 0 saturated carbocycles. The molecule has 1 rings (SSSR count). The summed E-state index contributed by atoms with van der Waals surface area (Å²) in [6.45, 7) is 6.27. The monoisotopic (exact) mass is 309 g/mol. The first-order valence-corrected chi connectivity index (χ1v) is 7.62. The molecule has 1 amide bonds. The Morgan fingerprint density at radius 3 is 2.64 bits per heavy atom. The predicted molar refractivity (Wildman–Crippen MR) is 86.5 cm³/mol. The first kappa shape index (κ1) is 18.3. The Morgan fingerprint density at radius 2 is 2.00 bits per heavy atom. The number of nitrogens with one attached hydrogen (secondary N) is 1. The molecule has 0 fully saturated rings. The Balaban J connectivity index is 2.35. The maximum atomic E-state index is 12.0. The fraction of sp³-hybridized carbons (Fsp3) is 0.588. The van der Waals surface area contributed by atoms with Gasteiger partial charge in [0, 0.05) is 25.3 Å². The molecule has 0 radical (unpaired) electrons. The molecular weight excluding hydrogens is 282 g/mol. The van der Waals surface area contributed by atoms with E-state index >= 15 is 0 Å². The summed E-state index contributed by atoms with van der Waals surface area (Å²) >= 11 is 0. The lowest BCUT2D eigenvalue weighted by atomic mass is 10.1. The Labute approximate surface area is 132 Å². The van der Waals surface area contributed by atoms with Crippen LogP contribution in [0.3, 0.4) is 0 Å². The van der Waals surface area contributed by atoms with Crippen LogP contribution >= 0.6 is 0 Å². The van der Waals surface area contributed by atoms with Gasteiger partial charge in [0.15, 0.2) is 0 Å². The van der Waals surface area contributed by atoms with E-state index < -0.39 is 0 Å². The summed E-state index contributed by atoms with van der Waals surface area (Å²) in [7, 11) is 3.19. The minimum absolute atomic E-state index is 0.0320. The van der Waals surface area contributed by atoms with Gasteiger partial charge in [-0.3, -0.25) is 4.79 Å². The summed E-state index contributed by atoms with van der Waals surface area (Å²) in [4.78, 5) is 12.0. The van der Waals surface area contributed by atoms with E-state index in [0.717, 1.165) is 18.6 Å². The quantitative estimate of drug-likeness (QED) is 0.674. The van der Waals surface area contributed by atoms with Gasteiger partial charge in [-0.15, -0.1) is 0 Å². The van der Waals surface area contributed by atoms with Gasteiger partial charge in [0.25, 0.3) is 0 Å². The number of amides is 1. The van der Waals surface area contributed by atoms with E-state index in [1.165, 1.54) is 0 Å².